The second-order valence-electron chi connectivity index (χ2n) is 7.67. The number of rotatable bonds is 4. The summed E-state index contributed by atoms with van der Waals surface area (Å²) in [4.78, 5) is 29.4. The quantitative estimate of drug-likeness (QED) is 0.704. The van der Waals surface area contributed by atoms with Gasteiger partial charge in [-0.3, -0.25) is 9.59 Å². The molecule has 0 spiro atoms. The summed E-state index contributed by atoms with van der Waals surface area (Å²) in [6, 6.07) is 7.10. The molecule has 1 aliphatic heterocycles. The van der Waals surface area contributed by atoms with Crippen LogP contribution >= 0.6 is 0 Å². The number of ether oxygens (including phenoxy) is 1. The van der Waals surface area contributed by atoms with Crippen molar-refractivity contribution in [2.75, 3.05) is 17.2 Å². The molecule has 2 aromatic heterocycles. The highest BCUT2D eigenvalue weighted by atomic mass is 16.5. The summed E-state index contributed by atoms with van der Waals surface area (Å²) in [7, 11) is 0. The van der Waals surface area contributed by atoms with E-state index in [1.807, 2.05) is 38.4 Å². The van der Waals surface area contributed by atoms with Gasteiger partial charge in [-0.1, -0.05) is 13.8 Å². The number of amides is 2. The first-order chi connectivity index (χ1) is 13.8. The third-order valence-corrected chi connectivity index (χ3v) is 4.78. The van der Waals surface area contributed by atoms with Gasteiger partial charge >= 0.3 is 0 Å². The normalized spacial score (nSPS) is 13.4. The predicted octanol–water partition coefficient (Wildman–Crippen LogP) is 3.72. The summed E-state index contributed by atoms with van der Waals surface area (Å²) >= 11 is 0. The lowest BCUT2D eigenvalue weighted by atomic mass is 10.0. The summed E-state index contributed by atoms with van der Waals surface area (Å²) < 4.78 is 7.18. The van der Waals surface area contributed by atoms with E-state index in [1.165, 1.54) is 0 Å². The van der Waals surface area contributed by atoms with E-state index in [4.69, 9.17) is 9.72 Å². The molecule has 2 amide bonds. The van der Waals surface area contributed by atoms with Crippen molar-refractivity contribution in [3.8, 4) is 5.75 Å². The maximum Gasteiger partial charge on any atom is 0.262 e. The molecule has 8 nitrogen and oxygen atoms in total. The van der Waals surface area contributed by atoms with Gasteiger partial charge in [0.1, 0.15) is 5.75 Å². The van der Waals surface area contributed by atoms with Crippen LogP contribution in [0.5, 0.6) is 5.75 Å². The number of aromatic nitrogens is 3. The summed E-state index contributed by atoms with van der Waals surface area (Å²) in [5.74, 6) is 0.261. The van der Waals surface area contributed by atoms with E-state index in [-0.39, 0.29) is 30.4 Å². The molecule has 3 aromatic rings. The highest BCUT2D eigenvalue weighted by Gasteiger charge is 2.20. The Morgan fingerprint density at radius 3 is 2.76 bits per heavy atom. The van der Waals surface area contributed by atoms with Crippen molar-refractivity contribution in [1.29, 1.82) is 0 Å². The Bertz CT molecular complexity index is 1120. The zero-order chi connectivity index (χ0) is 20.7. The Morgan fingerprint density at radius 1 is 1.24 bits per heavy atom. The lowest BCUT2D eigenvalue weighted by Gasteiger charge is -2.18. The average Bonchev–Trinajstić information content (AvgIpc) is 3.11. The maximum atomic E-state index is 13.1. The third-order valence-electron chi connectivity index (χ3n) is 4.78. The highest BCUT2D eigenvalue weighted by Crippen LogP contribution is 2.31. The number of fused-ring (bicyclic) bond motifs is 2. The van der Waals surface area contributed by atoms with Crippen LogP contribution < -0.4 is 15.4 Å². The van der Waals surface area contributed by atoms with Gasteiger partial charge in [0.25, 0.3) is 11.8 Å². The number of carbonyl (C=O) groups excluding carboxylic acids is 2. The van der Waals surface area contributed by atoms with Crippen molar-refractivity contribution in [3.63, 3.8) is 0 Å². The minimum Gasteiger partial charge on any atom is -0.482 e. The first kappa shape index (κ1) is 18.9. The molecular weight excluding hydrogens is 370 g/mol. The van der Waals surface area contributed by atoms with Crippen molar-refractivity contribution in [2.24, 2.45) is 0 Å². The van der Waals surface area contributed by atoms with Gasteiger partial charge in [-0.05, 0) is 44.0 Å². The smallest absolute Gasteiger partial charge is 0.262 e. The SMILES string of the molecule is CC(C)c1cc(C(=O)Nc2ccc3c(c2)NC(=O)CO3)c2cnn(C(C)C)c2n1. The number of nitrogens with one attached hydrogen (secondary N) is 2. The van der Waals surface area contributed by atoms with Crippen LogP contribution in [0.15, 0.2) is 30.5 Å². The molecule has 2 N–H and O–H groups in total. The molecule has 0 unspecified atom stereocenters. The van der Waals surface area contributed by atoms with Crippen LogP contribution in [0.3, 0.4) is 0 Å². The minimum absolute atomic E-state index is 0.00841. The number of hydrogen-bond donors (Lipinski definition) is 2. The molecule has 0 bridgehead atoms. The van der Waals surface area contributed by atoms with Crippen molar-refractivity contribution in [1.82, 2.24) is 14.8 Å². The number of hydrogen-bond acceptors (Lipinski definition) is 5. The Morgan fingerprint density at radius 2 is 2.03 bits per heavy atom. The summed E-state index contributed by atoms with van der Waals surface area (Å²) in [5.41, 5.74) is 3.14. The van der Waals surface area contributed by atoms with Crippen LogP contribution in [0, 0.1) is 0 Å². The van der Waals surface area contributed by atoms with Crippen LogP contribution in [0.2, 0.25) is 0 Å². The second kappa shape index (κ2) is 7.20. The Labute approximate surface area is 168 Å². The van der Waals surface area contributed by atoms with Crippen LogP contribution in [-0.4, -0.2) is 33.2 Å². The van der Waals surface area contributed by atoms with E-state index in [9.17, 15) is 9.59 Å². The number of pyridine rings is 1. The van der Waals surface area contributed by atoms with Gasteiger partial charge in [-0.15, -0.1) is 0 Å². The number of benzene rings is 1. The van der Waals surface area contributed by atoms with Gasteiger partial charge in [0.15, 0.2) is 12.3 Å². The molecule has 8 heteroatoms. The first-order valence-electron chi connectivity index (χ1n) is 9.59. The number of carbonyl (C=O) groups is 2. The van der Waals surface area contributed by atoms with Gasteiger partial charge in [-0.25, -0.2) is 9.67 Å². The third kappa shape index (κ3) is 3.53. The summed E-state index contributed by atoms with van der Waals surface area (Å²) in [5, 5.41) is 10.8. The molecule has 29 heavy (non-hydrogen) atoms. The minimum atomic E-state index is -0.259. The number of nitrogens with zero attached hydrogens (tertiary/aromatic N) is 3. The topological polar surface area (TPSA) is 98.1 Å². The molecule has 0 radical (unpaired) electrons. The molecule has 0 aliphatic carbocycles. The lowest BCUT2D eigenvalue weighted by Crippen LogP contribution is -2.25. The van der Waals surface area contributed by atoms with E-state index in [1.54, 1.807) is 24.4 Å². The van der Waals surface area contributed by atoms with E-state index >= 15 is 0 Å². The molecule has 1 aliphatic rings. The molecule has 1 aromatic carbocycles. The zero-order valence-corrected chi connectivity index (χ0v) is 16.8. The Kier molecular flexibility index (Phi) is 4.70. The van der Waals surface area contributed by atoms with E-state index in [2.05, 4.69) is 15.7 Å². The van der Waals surface area contributed by atoms with Gasteiger partial charge in [0.05, 0.1) is 22.8 Å². The molecule has 0 saturated heterocycles. The van der Waals surface area contributed by atoms with Crippen molar-refractivity contribution < 1.29 is 14.3 Å². The van der Waals surface area contributed by atoms with Crippen molar-refractivity contribution in [2.45, 2.75) is 39.7 Å². The molecule has 0 saturated carbocycles. The van der Waals surface area contributed by atoms with Gasteiger partial charge in [0, 0.05) is 17.4 Å². The van der Waals surface area contributed by atoms with E-state index < -0.39 is 0 Å². The van der Waals surface area contributed by atoms with Crippen molar-refractivity contribution in [3.05, 3.63) is 41.7 Å². The highest BCUT2D eigenvalue weighted by molar-refractivity contribution is 6.12. The van der Waals surface area contributed by atoms with Gasteiger partial charge < -0.3 is 15.4 Å². The lowest BCUT2D eigenvalue weighted by molar-refractivity contribution is -0.118. The van der Waals surface area contributed by atoms with E-state index in [0.717, 1.165) is 5.69 Å². The standard InChI is InChI=1S/C21H23N5O3/c1-11(2)16-8-14(15-9-22-26(12(3)4)20(15)25-16)21(28)23-13-5-6-18-17(7-13)24-19(27)10-29-18/h5-9,11-12H,10H2,1-4H3,(H,23,28)(H,24,27). The van der Waals surface area contributed by atoms with Crippen LogP contribution in [0.1, 0.15) is 55.7 Å². The number of anilines is 2. The largest absolute Gasteiger partial charge is 0.482 e. The van der Waals surface area contributed by atoms with Crippen LogP contribution in [-0.2, 0) is 4.79 Å². The molecule has 4 rings (SSSR count). The van der Waals surface area contributed by atoms with E-state index in [0.29, 0.717) is 33.7 Å². The summed E-state index contributed by atoms with van der Waals surface area (Å²) in [6.07, 6.45) is 1.68. The molecule has 0 atom stereocenters. The molecular formula is C21H23N5O3. The molecule has 3 heterocycles. The maximum absolute atomic E-state index is 13.1. The Balaban J connectivity index is 1.72. The molecule has 0 fully saturated rings. The van der Waals surface area contributed by atoms with Crippen LogP contribution in [0.4, 0.5) is 11.4 Å². The fourth-order valence-corrected chi connectivity index (χ4v) is 3.26. The zero-order valence-electron chi connectivity index (χ0n) is 16.8. The van der Waals surface area contributed by atoms with Gasteiger partial charge in [0.2, 0.25) is 0 Å². The fraction of sp³-hybridized carbons (Fsp3) is 0.333. The average molecular weight is 393 g/mol. The second-order valence-corrected chi connectivity index (χ2v) is 7.67. The monoisotopic (exact) mass is 393 g/mol. The first-order valence-corrected chi connectivity index (χ1v) is 9.59. The molecule has 150 valence electrons. The van der Waals surface area contributed by atoms with Crippen molar-refractivity contribution >= 4 is 34.2 Å². The fourth-order valence-electron chi connectivity index (χ4n) is 3.26. The Hall–Kier alpha value is -3.42. The summed E-state index contributed by atoms with van der Waals surface area (Å²) in [6.45, 7) is 8.13. The van der Waals surface area contributed by atoms with Crippen LogP contribution in [0.25, 0.3) is 11.0 Å². The van der Waals surface area contributed by atoms with Gasteiger partial charge in [-0.2, -0.15) is 5.10 Å². The predicted molar refractivity (Wildman–Crippen MR) is 111 cm³/mol.